The summed E-state index contributed by atoms with van der Waals surface area (Å²) in [6.45, 7) is 3.17. The summed E-state index contributed by atoms with van der Waals surface area (Å²) in [4.78, 5) is 0. The van der Waals surface area contributed by atoms with Gasteiger partial charge in [-0.25, -0.2) is 0 Å². The monoisotopic (exact) mass is 338 g/mol. The second-order valence-electron chi connectivity index (χ2n) is 5.30. The molecular formula is C18H18N4OS. The van der Waals surface area contributed by atoms with Crippen molar-refractivity contribution in [2.45, 2.75) is 13.5 Å². The van der Waals surface area contributed by atoms with Crippen molar-refractivity contribution in [2.24, 2.45) is 10.2 Å². The van der Waals surface area contributed by atoms with Crippen LogP contribution in [-0.2, 0) is 6.54 Å². The van der Waals surface area contributed by atoms with E-state index in [1.807, 2.05) is 66.1 Å². The topological polar surface area (TPSA) is 61.9 Å². The standard InChI is InChI=1S/C18H18N4OS/c1-2-19-18(24)21-20-16-14-10-6-7-11-15(14)22(17(16)23)12-13-8-4-3-5-9-13/h3-11,23H,2,12H2,1H3,(H,19,24). The summed E-state index contributed by atoms with van der Waals surface area (Å²) < 4.78 is 1.83. The maximum Gasteiger partial charge on any atom is 0.221 e. The zero-order valence-electron chi connectivity index (χ0n) is 13.3. The van der Waals surface area contributed by atoms with Gasteiger partial charge in [0.1, 0.15) is 0 Å². The van der Waals surface area contributed by atoms with Gasteiger partial charge in [0.2, 0.25) is 11.0 Å². The summed E-state index contributed by atoms with van der Waals surface area (Å²) in [5.41, 5.74) is 2.43. The van der Waals surface area contributed by atoms with Gasteiger partial charge in [-0.05, 0) is 30.8 Å². The summed E-state index contributed by atoms with van der Waals surface area (Å²) >= 11 is 5.07. The van der Waals surface area contributed by atoms with Crippen molar-refractivity contribution in [3.63, 3.8) is 0 Å². The Morgan fingerprint density at radius 1 is 1.12 bits per heavy atom. The van der Waals surface area contributed by atoms with Crippen molar-refractivity contribution in [1.29, 1.82) is 0 Å². The van der Waals surface area contributed by atoms with Gasteiger partial charge in [0.15, 0.2) is 5.69 Å². The van der Waals surface area contributed by atoms with Crippen LogP contribution in [0.5, 0.6) is 5.88 Å². The molecule has 0 saturated carbocycles. The number of benzene rings is 2. The number of hydrogen-bond acceptors (Lipinski definition) is 3. The Bertz CT molecular complexity index is 887. The number of hydrogen-bond donors (Lipinski definition) is 2. The molecule has 0 atom stereocenters. The van der Waals surface area contributed by atoms with Gasteiger partial charge in [-0.3, -0.25) is 0 Å². The quantitative estimate of drug-likeness (QED) is 0.548. The van der Waals surface area contributed by atoms with E-state index < -0.39 is 0 Å². The Labute approximate surface area is 145 Å². The van der Waals surface area contributed by atoms with Crippen molar-refractivity contribution in [1.82, 2.24) is 9.88 Å². The second-order valence-corrected chi connectivity index (χ2v) is 5.68. The first-order valence-corrected chi connectivity index (χ1v) is 8.15. The Hall–Kier alpha value is -2.73. The third kappa shape index (κ3) is 3.28. The van der Waals surface area contributed by atoms with Gasteiger partial charge in [0.05, 0.1) is 12.1 Å². The van der Waals surface area contributed by atoms with Crippen LogP contribution in [0.1, 0.15) is 12.5 Å². The summed E-state index contributed by atoms with van der Waals surface area (Å²) in [7, 11) is 0. The number of aromatic nitrogens is 1. The fourth-order valence-electron chi connectivity index (χ4n) is 2.58. The highest BCUT2D eigenvalue weighted by atomic mass is 32.1. The number of para-hydroxylation sites is 1. The first-order valence-electron chi connectivity index (χ1n) is 7.74. The van der Waals surface area contributed by atoms with E-state index in [0.29, 0.717) is 23.9 Å². The molecular weight excluding hydrogens is 320 g/mol. The highest BCUT2D eigenvalue weighted by Crippen LogP contribution is 2.39. The molecule has 0 saturated heterocycles. The Kier molecular flexibility index (Phi) is 4.86. The van der Waals surface area contributed by atoms with Crippen LogP contribution in [0, 0.1) is 0 Å². The van der Waals surface area contributed by atoms with Crippen LogP contribution in [-0.4, -0.2) is 21.3 Å². The molecule has 1 heterocycles. The molecule has 0 bridgehead atoms. The third-order valence-electron chi connectivity index (χ3n) is 3.67. The molecule has 0 amide bonds. The third-order valence-corrected chi connectivity index (χ3v) is 3.90. The molecule has 0 aliphatic carbocycles. The second kappa shape index (κ2) is 7.23. The molecule has 2 aromatic carbocycles. The number of thiocarbonyl (C=S) groups is 1. The molecule has 2 N–H and O–H groups in total. The minimum absolute atomic E-state index is 0.0862. The molecule has 0 unspecified atom stereocenters. The lowest BCUT2D eigenvalue weighted by Crippen LogP contribution is -2.17. The highest BCUT2D eigenvalue weighted by Gasteiger charge is 2.16. The lowest BCUT2D eigenvalue weighted by Gasteiger charge is -2.06. The maximum absolute atomic E-state index is 10.7. The number of rotatable bonds is 4. The Morgan fingerprint density at radius 3 is 2.58 bits per heavy atom. The molecule has 6 heteroatoms. The van der Waals surface area contributed by atoms with E-state index in [9.17, 15) is 5.11 Å². The summed E-state index contributed by atoms with van der Waals surface area (Å²) in [6.07, 6.45) is 0. The predicted molar refractivity (Wildman–Crippen MR) is 99.9 cm³/mol. The Balaban J connectivity index is 2.04. The van der Waals surface area contributed by atoms with E-state index in [4.69, 9.17) is 12.2 Å². The molecule has 0 radical (unpaired) electrons. The molecule has 5 nitrogen and oxygen atoms in total. The lowest BCUT2D eigenvalue weighted by atomic mass is 10.2. The van der Waals surface area contributed by atoms with Crippen molar-refractivity contribution < 1.29 is 5.11 Å². The largest absolute Gasteiger partial charge is 0.493 e. The molecule has 0 aliphatic heterocycles. The van der Waals surface area contributed by atoms with Crippen LogP contribution in [0.3, 0.4) is 0 Å². The molecule has 0 fully saturated rings. The lowest BCUT2D eigenvalue weighted by molar-refractivity contribution is 0.429. The number of nitrogens with zero attached hydrogens (tertiary/aromatic N) is 3. The fraction of sp³-hybridized carbons (Fsp3) is 0.167. The number of fused-ring (bicyclic) bond motifs is 1. The van der Waals surface area contributed by atoms with E-state index >= 15 is 0 Å². The van der Waals surface area contributed by atoms with Gasteiger partial charge in [-0.1, -0.05) is 48.5 Å². The smallest absolute Gasteiger partial charge is 0.221 e. The van der Waals surface area contributed by atoms with Gasteiger partial charge in [0, 0.05) is 11.9 Å². The van der Waals surface area contributed by atoms with Crippen LogP contribution < -0.4 is 5.32 Å². The summed E-state index contributed by atoms with van der Waals surface area (Å²) in [6, 6.07) is 17.7. The van der Waals surface area contributed by atoms with E-state index in [2.05, 4.69) is 15.5 Å². The van der Waals surface area contributed by atoms with Crippen molar-refractivity contribution in [3.05, 3.63) is 60.2 Å². The van der Waals surface area contributed by atoms with Gasteiger partial charge < -0.3 is 15.0 Å². The first kappa shape index (κ1) is 16.1. The average molecular weight is 338 g/mol. The van der Waals surface area contributed by atoms with Crippen LogP contribution >= 0.6 is 12.2 Å². The number of aromatic hydroxyl groups is 1. The predicted octanol–water partition coefficient (Wildman–Crippen LogP) is 4.37. The number of nitrogens with one attached hydrogen (secondary N) is 1. The van der Waals surface area contributed by atoms with Gasteiger partial charge in [-0.15, -0.1) is 10.2 Å². The zero-order chi connectivity index (χ0) is 16.9. The van der Waals surface area contributed by atoms with Crippen LogP contribution in [0.15, 0.2) is 64.8 Å². The minimum Gasteiger partial charge on any atom is -0.493 e. The van der Waals surface area contributed by atoms with E-state index in [1.54, 1.807) is 0 Å². The van der Waals surface area contributed by atoms with Crippen molar-refractivity contribution in [2.75, 3.05) is 6.54 Å². The van der Waals surface area contributed by atoms with E-state index in [-0.39, 0.29) is 5.88 Å². The normalized spacial score (nSPS) is 11.2. The number of azo groups is 1. The molecule has 0 aliphatic rings. The van der Waals surface area contributed by atoms with Gasteiger partial charge >= 0.3 is 0 Å². The molecule has 1 aromatic heterocycles. The van der Waals surface area contributed by atoms with Crippen LogP contribution in [0.4, 0.5) is 5.69 Å². The van der Waals surface area contributed by atoms with Gasteiger partial charge in [0.25, 0.3) is 0 Å². The van der Waals surface area contributed by atoms with Crippen molar-refractivity contribution >= 4 is 33.9 Å². The van der Waals surface area contributed by atoms with Crippen molar-refractivity contribution in [3.8, 4) is 5.88 Å². The maximum atomic E-state index is 10.7. The molecule has 3 aromatic rings. The zero-order valence-corrected chi connectivity index (χ0v) is 14.1. The molecule has 0 spiro atoms. The van der Waals surface area contributed by atoms with Crippen LogP contribution in [0.2, 0.25) is 0 Å². The van der Waals surface area contributed by atoms with E-state index in [0.717, 1.165) is 16.5 Å². The highest BCUT2D eigenvalue weighted by molar-refractivity contribution is 7.80. The minimum atomic E-state index is 0.0862. The molecule has 24 heavy (non-hydrogen) atoms. The fourth-order valence-corrected chi connectivity index (χ4v) is 2.76. The average Bonchev–Trinajstić information content (AvgIpc) is 2.86. The van der Waals surface area contributed by atoms with Crippen LogP contribution in [0.25, 0.3) is 10.9 Å². The van der Waals surface area contributed by atoms with E-state index in [1.165, 1.54) is 0 Å². The SMILES string of the molecule is CCNC(=S)N=Nc1c(O)n(Cc2ccccc2)c2ccccc12. The van der Waals surface area contributed by atoms with Gasteiger partial charge in [-0.2, -0.15) is 0 Å². The molecule has 3 rings (SSSR count). The Morgan fingerprint density at radius 2 is 1.83 bits per heavy atom. The molecule has 122 valence electrons. The first-order chi connectivity index (χ1) is 11.7. The summed E-state index contributed by atoms with van der Waals surface area (Å²) in [5.74, 6) is 0.0862. The summed E-state index contributed by atoms with van der Waals surface area (Å²) in [5, 5.41) is 22.9.